The van der Waals surface area contributed by atoms with Crippen molar-refractivity contribution in [2.75, 3.05) is 0 Å². The third-order valence-electron chi connectivity index (χ3n) is 14.0. The van der Waals surface area contributed by atoms with Gasteiger partial charge in [0.1, 0.15) is 0 Å². The largest absolute Gasteiger partial charge is 0.0725 e. The highest BCUT2D eigenvalue weighted by molar-refractivity contribution is 6.27. The maximum absolute atomic E-state index is 2.56. The topological polar surface area (TPSA) is 0 Å². The molecule has 59 heavy (non-hydrogen) atoms. The third kappa shape index (κ3) is 3.98. The maximum atomic E-state index is 2.56. The highest BCUT2D eigenvalue weighted by Crippen LogP contribution is 2.64. The van der Waals surface area contributed by atoms with Gasteiger partial charge in [-0.15, -0.1) is 0 Å². The van der Waals surface area contributed by atoms with Crippen molar-refractivity contribution in [3.05, 3.63) is 229 Å². The highest BCUT2D eigenvalue weighted by Gasteiger charge is 2.51. The van der Waals surface area contributed by atoms with E-state index < -0.39 is 5.41 Å². The van der Waals surface area contributed by atoms with Crippen LogP contribution in [0.3, 0.4) is 0 Å². The van der Waals surface area contributed by atoms with Crippen molar-refractivity contribution in [3.63, 3.8) is 0 Å². The Morgan fingerprint density at radius 2 is 0.729 bits per heavy atom. The minimum absolute atomic E-state index is 0.430. The normalized spacial score (nSPS) is 13.6. The predicted octanol–water partition coefficient (Wildman–Crippen LogP) is 15.7. The molecular weight excluding hydrogens is 709 g/mol. The number of benzene rings is 12. The zero-order valence-electron chi connectivity index (χ0n) is 32.1. The van der Waals surface area contributed by atoms with Crippen molar-refractivity contribution in [2.45, 2.75) is 5.41 Å². The van der Waals surface area contributed by atoms with E-state index in [9.17, 15) is 0 Å². The average molecular weight is 743 g/mol. The number of hydrogen-bond donors (Lipinski definition) is 0. The van der Waals surface area contributed by atoms with Gasteiger partial charge in [0.25, 0.3) is 0 Å². The molecule has 0 saturated heterocycles. The number of hydrogen-bond acceptors (Lipinski definition) is 0. The van der Waals surface area contributed by atoms with E-state index >= 15 is 0 Å². The first-order chi connectivity index (χ1) is 29.3. The maximum Gasteiger partial charge on any atom is 0.0725 e. The van der Waals surface area contributed by atoms with Gasteiger partial charge in [0, 0.05) is 0 Å². The molecule has 0 bridgehead atoms. The van der Waals surface area contributed by atoms with E-state index in [1.54, 1.807) is 0 Å². The SMILES string of the molecule is c1cc(-c2ccc3c(c2)-c2cc4c5ccccc5c5ccccc5c4cc2C32c3ccccc3-c3ccccc32)cc(-c2ccc3ccc4cccc5ccc2c3c45)c1. The van der Waals surface area contributed by atoms with Crippen LogP contribution < -0.4 is 0 Å². The molecule has 0 saturated carbocycles. The Balaban J connectivity index is 1.04. The lowest BCUT2D eigenvalue weighted by Gasteiger charge is -2.31. The van der Waals surface area contributed by atoms with E-state index in [0.717, 1.165) is 0 Å². The van der Waals surface area contributed by atoms with Gasteiger partial charge in [-0.25, -0.2) is 0 Å². The first-order valence-corrected chi connectivity index (χ1v) is 20.7. The van der Waals surface area contributed by atoms with Crippen LogP contribution in [0.5, 0.6) is 0 Å². The molecular formula is C59H34. The summed E-state index contributed by atoms with van der Waals surface area (Å²) < 4.78 is 0. The molecule has 2 aliphatic carbocycles. The van der Waals surface area contributed by atoms with Crippen LogP contribution >= 0.6 is 0 Å². The van der Waals surface area contributed by atoms with Crippen LogP contribution in [0.1, 0.15) is 22.3 Å². The summed E-state index contributed by atoms with van der Waals surface area (Å²) in [7, 11) is 0. The van der Waals surface area contributed by atoms with Crippen molar-refractivity contribution in [1.29, 1.82) is 0 Å². The lowest BCUT2D eigenvalue weighted by Crippen LogP contribution is -2.25. The molecule has 0 heteroatoms. The Bertz CT molecular complexity index is 3730. The second kappa shape index (κ2) is 11.3. The van der Waals surface area contributed by atoms with E-state index in [2.05, 4.69) is 206 Å². The molecule has 270 valence electrons. The smallest absolute Gasteiger partial charge is 0.0619 e. The first kappa shape index (κ1) is 31.5. The summed E-state index contributed by atoms with van der Waals surface area (Å²) in [5.74, 6) is 0. The van der Waals surface area contributed by atoms with E-state index in [1.807, 2.05) is 0 Å². The monoisotopic (exact) mass is 742 g/mol. The summed E-state index contributed by atoms with van der Waals surface area (Å²) in [5, 5.41) is 15.7. The zero-order valence-corrected chi connectivity index (χ0v) is 32.1. The molecule has 0 radical (unpaired) electrons. The molecule has 0 atom stereocenters. The van der Waals surface area contributed by atoms with Gasteiger partial charge < -0.3 is 0 Å². The van der Waals surface area contributed by atoms with Crippen molar-refractivity contribution in [3.8, 4) is 44.5 Å². The second-order valence-electron chi connectivity index (χ2n) is 16.7. The summed E-state index contributed by atoms with van der Waals surface area (Å²) in [6.07, 6.45) is 0. The quantitative estimate of drug-likeness (QED) is 0.155. The summed E-state index contributed by atoms with van der Waals surface area (Å²) in [6, 6.07) is 78.2. The van der Waals surface area contributed by atoms with Crippen molar-refractivity contribution < 1.29 is 0 Å². The summed E-state index contributed by atoms with van der Waals surface area (Å²) in [6.45, 7) is 0. The molecule has 0 nitrogen and oxygen atoms in total. The fourth-order valence-electron chi connectivity index (χ4n) is 11.6. The van der Waals surface area contributed by atoms with Gasteiger partial charge in [0.05, 0.1) is 5.41 Å². The average Bonchev–Trinajstić information content (AvgIpc) is 3.77. The van der Waals surface area contributed by atoms with Crippen molar-refractivity contribution >= 4 is 64.6 Å². The summed E-state index contributed by atoms with van der Waals surface area (Å²) >= 11 is 0. The van der Waals surface area contributed by atoms with Crippen LogP contribution in [0.15, 0.2) is 206 Å². The molecule has 0 N–H and O–H groups in total. The summed E-state index contributed by atoms with van der Waals surface area (Å²) in [5.41, 5.74) is 15.3. The highest BCUT2D eigenvalue weighted by atomic mass is 14.5. The second-order valence-corrected chi connectivity index (χ2v) is 16.7. The van der Waals surface area contributed by atoms with Crippen LogP contribution in [-0.2, 0) is 5.41 Å². The van der Waals surface area contributed by atoms with Gasteiger partial charge in [-0.05, 0) is 156 Å². The molecule has 0 heterocycles. The van der Waals surface area contributed by atoms with Crippen LogP contribution in [0, 0.1) is 0 Å². The fourth-order valence-corrected chi connectivity index (χ4v) is 11.6. The predicted molar refractivity (Wildman–Crippen MR) is 250 cm³/mol. The number of rotatable bonds is 2. The summed E-state index contributed by atoms with van der Waals surface area (Å²) in [4.78, 5) is 0. The lowest BCUT2D eigenvalue weighted by atomic mass is 9.70. The van der Waals surface area contributed by atoms with Gasteiger partial charge in [0.2, 0.25) is 0 Å². The Labute approximate surface area is 341 Å². The van der Waals surface area contributed by atoms with Crippen LogP contribution in [-0.4, -0.2) is 0 Å². The van der Waals surface area contributed by atoms with Gasteiger partial charge in [-0.3, -0.25) is 0 Å². The van der Waals surface area contributed by atoms with E-state index in [0.29, 0.717) is 0 Å². The lowest BCUT2D eigenvalue weighted by molar-refractivity contribution is 0.795. The zero-order chi connectivity index (χ0) is 38.4. The van der Waals surface area contributed by atoms with Gasteiger partial charge in [-0.1, -0.05) is 182 Å². The van der Waals surface area contributed by atoms with E-state index in [4.69, 9.17) is 0 Å². The van der Waals surface area contributed by atoms with Crippen LogP contribution in [0.25, 0.3) is 109 Å². The van der Waals surface area contributed by atoms with Crippen molar-refractivity contribution in [2.24, 2.45) is 0 Å². The molecule has 0 fully saturated rings. The third-order valence-corrected chi connectivity index (χ3v) is 14.0. The van der Waals surface area contributed by atoms with Gasteiger partial charge >= 0.3 is 0 Å². The van der Waals surface area contributed by atoms with E-state index in [1.165, 1.54) is 131 Å². The van der Waals surface area contributed by atoms with Gasteiger partial charge in [0.15, 0.2) is 0 Å². The van der Waals surface area contributed by atoms with Crippen LogP contribution in [0.2, 0.25) is 0 Å². The first-order valence-electron chi connectivity index (χ1n) is 20.7. The Morgan fingerprint density at radius 1 is 0.220 bits per heavy atom. The minimum atomic E-state index is -0.430. The number of fused-ring (bicyclic) bond motifs is 16. The van der Waals surface area contributed by atoms with Crippen LogP contribution in [0.4, 0.5) is 0 Å². The molecule has 2 aliphatic rings. The van der Waals surface area contributed by atoms with Gasteiger partial charge in [-0.2, -0.15) is 0 Å². The standard InChI is InChI=1S/C59H34/c1-3-17-44-42(15-1)43-16-2-4-18-45(43)50-34-56-52(33-49(44)50)51-32-39(27-30-55(51)59(56)53-21-7-5-19-46(53)47-20-6-8-22-54(47)59)38-13-10-14-40(31-38)41-28-25-37-24-23-35-11-9-12-36-26-29-48(41)58(37)57(35)36/h1-34H. The van der Waals surface area contributed by atoms with E-state index in [-0.39, 0.29) is 0 Å². The molecule has 12 aromatic carbocycles. The Hall–Kier alpha value is -7.54. The Kier molecular flexibility index (Phi) is 6.05. The molecule has 14 rings (SSSR count). The molecule has 0 amide bonds. The molecule has 0 aliphatic heterocycles. The Morgan fingerprint density at radius 3 is 1.44 bits per heavy atom. The molecule has 0 aromatic heterocycles. The molecule has 1 spiro atoms. The molecule has 12 aromatic rings. The van der Waals surface area contributed by atoms with Crippen molar-refractivity contribution in [1.82, 2.24) is 0 Å². The minimum Gasteiger partial charge on any atom is -0.0619 e. The fraction of sp³-hybridized carbons (Fsp3) is 0.0169. The molecule has 0 unspecified atom stereocenters.